The topological polar surface area (TPSA) is 76.1 Å². The molecule has 1 amide bonds. The molecule has 7 heteroatoms. The third-order valence-corrected chi connectivity index (χ3v) is 5.54. The number of ketones is 1. The number of benzene rings is 2. The summed E-state index contributed by atoms with van der Waals surface area (Å²) >= 11 is 3.46. The smallest absolute Gasteiger partial charge is 0.295 e. The largest absolute Gasteiger partial charge is 0.507 e. The van der Waals surface area contributed by atoms with Crippen molar-refractivity contribution in [1.82, 2.24) is 4.90 Å². The fourth-order valence-corrected chi connectivity index (χ4v) is 4.03. The molecular weight excluding hydrogens is 462 g/mol. The number of aliphatic hydroxyl groups excluding tert-OH is 1. The van der Waals surface area contributed by atoms with Crippen molar-refractivity contribution in [2.45, 2.75) is 32.4 Å². The van der Waals surface area contributed by atoms with Crippen LogP contribution in [0.3, 0.4) is 0 Å². The van der Waals surface area contributed by atoms with Crippen LogP contribution >= 0.6 is 15.9 Å². The van der Waals surface area contributed by atoms with Gasteiger partial charge in [0.2, 0.25) is 0 Å². The normalized spacial score (nSPS) is 18.1. The first-order valence-electron chi connectivity index (χ1n) is 10.1. The third kappa shape index (κ3) is 5.17. The lowest BCUT2D eigenvalue weighted by Gasteiger charge is -2.25. The van der Waals surface area contributed by atoms with Crippen molar-refractivity contribution >= 4 is 33.4 Å². The van der Waals surface area contributed by atoms with Crippen molar-refractivity contribution in [3.63, 3.8) is 0 Å². The van der Waals surface area contributed by atoms with Gasteiger partial charge in [-0.3, -0.25) is 9.59 Å². The molecule has 31 heavy (non-hydrogen) atoms. The van der Waals surface area contributed by atoms with Crippen LogP contribution in [0.4, 0.5) is 0 Å². The van der Waals surface area contributed by atoms with Crippen LogP contribution < -0.4 is 4.74 Å². The van der Waals surface area contributed by atoms with Crippen LogP contribution in [-0.2, 0) is 14.3 Å². The standard InChI is InChI=1S/C24H26BrNO5/c1-15(2)31-12-6-11-26-21(16-7-4-9-18(25)13-16)20(23(28)24(26)29)22(27)17-8-5-10-19(14-17)30-3/h4-5,7-10,13-15,21,27H,6,11-12H2,1-3H3/t21-/m0/s1. The average Bonchev–Trinajstić information content (AvgIpc) is 3.01. The summed E-state index contributed by atoms with van der Waals surface area (Å²) in [5, 5.41) is 11.1. The van der Waals surface area contributed by atoms with Crippen LogP contribution in [0.15, 0.2) is 58.6 Å². The number of carbonyl (C=O) groups is 2. The molecule has 0 bridgehead atoms. The fraction of sp³-hybridized carbons (Fsp3) is 0.333. The van der Waals surface area contributed by atoms with E-state index in [0.29, 0.717) is 30.9 Å². The van der Waals surface area contributed by atoms with Crippen LogP contribution in [0.5, 0.6) is 5.75 Å². The Kier molecular flexibility index (Phi) is 7.51. The zero-order valence-electron chi connectivity index (χ0n) is 17.8. The van der Waals surface area contributed by atoms with E-state index in [1.807, 2.05) is 38.1 Å². The maximum atomic E-state index is 13.0. The van der Waals surface area contributed by atoms with Gasteiger partial charge in [-0.2, -0.15) is 0 Å². The van der Waals surface area contributed by atoms with Gasteiger partial charge in [0, 0.05) is 23.2 Å². The molecule has 0 radical (unpaired) electrons. The molecule has 3 rings (SSSR count). The first-order chi connectivity index (χ1) is 14.8. The summed E-state index contributed by atoms with van der Waals surface area (Å²) in [4.78, 5) is 27.4. The van der Waals surface area contributed by atoms with Crippen molar-refractivity contribution in [3.8, 4) is 5.75 Å². The van der Waals surface area contributed by atoms with E-state index in [-0.39, 0.29) is 17.4 Å². The molecule has 0 saturated carbocycles. The molecule has 0 unspecified atom stereocenters. The number of likely N-dealkylation sites (tertiary alicyclic amines) is 1. The predicted octanol–water partition coefficient (Wildman–Crippen LogP) is 4.69. The van der Waals surface area contributed by atoms with Crippen LogP contribution in [0.1, 0.15) is 37.4 Å². The number of halogens is 1. The van der Waals surface area contributed by atoms with Gasteiger partial charge in [-0.15, -0.1) is 0 Å². The van der Waals surface area contributed by atoms with E-state index in [4.69, 9.17) is 9.47 Å². The fourth-order valence-electron chi connectivity index (χ4n) is 3.61. The lowest BCUT2D eigenvalue weighted by molar-refractivity contribution is -0.140. The summed E-state index contributed by atoms with van der Waals surface area (Å²) in [7, 11) is 1.53. The number of nitrogens with zero attached hydrogens (tertiary/aromatic N) is 1. The summed E-state index contributed by atoms with van der Waals surface area (Å²) in [6, 6.07) is 13.5. The summed E-state index contributed by atoms with van der Waals surface area (Å²) in [6.07, 6.45) is 0.666. The molecule has 1 fully saturated rings. The summed E-state index contributed by atoms with van der Waals surface area (Å²) in [6.45, 7) is 4.70. The molecule has 1 aliphatic rings. The molecule has 0 aromatic heterocycles. The monoisotopic (exact) mass is 487 g/mol. The predicted molar refractivity (Wildman–Crippen MR) is 122 cm³/mol. The minimum absolute atomic E-state index is 0.0705. The molecule has 1 aliphatic heterocycles. The number of hydrogen-bond acceptors (Lipinski definition) is 5. The lowest BCUT2D eigenvalue weighted by Crippen LogP contribution is -2.31. The summed E-state index contributed by atoms with van der Waals surface area (Å²) < 4.78 is 11.6. The van der Waals surface area contributed by atoms with Crippen molar-refractivity contribution in [3.05, 3.63) is 69.7 Å². The summed E-state index contributed by atoms with van der Waals surface area (Å²) in [5.74, 6) is -1.000. The number of aliphatic hydroxyl groups is 1. The molecule has 0 aliphatic carbocycles. The second-order valence-electron chi connectivity index (χ2n) is 7.55. The average molecular weight is 488 g/mol. The molecule has 6 nitrogen and oxygen atoms in total. The van der Waals surface area contributed by atoms with Crippen LogP contribution in [0, 0.1) is 0 Å². The Bertz CT molecular complexity index is 1000. The molecular formula is C24H26BrNO5. The minimum Gasteiger partial charge on any atom is -0.507 e. The maximum absolute atomic E-state index is 13.0. The number of ether oxygens (including phenoxy) is 2. The minimum atomic E-state index is -0.699. The number of Topliss-reactive ketones (excluding diaryl/α,β-unsaturated/α-hetero) is 1. The van der Waals surface area contributed by atoms with Crippen LogP contribution in [0.25, 0.3) is 5.76 Å². The van der Waals surface area contributed by atoms with Crippen molar-refractivity contribution in [2.75, 3.05) is 20.3 Å². The molecule has 0 spiro atoms. The Balaban J connectivity index is 2.05. The first-order valence-corrected chi connectivity index (χ1v) is 10.9. The van der Waals surface area contributed by atoms with E-state index in [9.17, 15) is 14.7 Å². The number of methoxy groups -OCH3 is 1. The molecule has 164 valence electrons. The van der Waals surface area contributed by atoms with Gasteiger partial charge in [0.05, 0.1) is 24.8 Å². The number of amides is 1. The number of hydrogen-bond donors (Lipinski definition) is 1. The second kappa shape index (κ2) is 10.1. The van der Waals surface area contributed by atoms with E-state index in [1.165, 1.54) is 12.0 Å². The van der Waals surface area contributed by atoms with Crippen LogP contribution in [-0.4, -0.2) is 48.1 Å². The van der Waals surface area contributed by atoms with E-state index in [0.717, 1.165) is 10.0 Å². The highest BCUT2D eigenvalue weighted by Crippen LogP contribution is 2.40. The number of carbonyl (C=O) groups excluding carboxylic acids is 2. The summed E-state index contributed by atoms with van der Waals surface area (Å²) in [5.41, 5.74) is 1.23. The van der Waals surface area contributed by atoms with E-state index in [1.54, 1.807) is 24.3 Å². The zero-order chi connectivity index (χ0) is 22.5. The van der Waals surface area contributed by atoms with Gasteiger partial charge in [0.1, 0.15) is 11.5 Å². The quantitative estimate of drug-likeness (QED) is 0.253. The van der Waals surface area contributed by atoms with Gasteiger partial charge in [0.15, 0.2) is 0 Å². The van der Waals surface area contributed by atoms with Gasteiger partial charge in [-0.25, -0.2) is 0 Å². The highest BCUT2D eigenvalue weighted by Gasteiger charge is 2.45. The molecule has 1 atom stereocenters. The van der Waals surface area contributed by atoms with Crippen molar-refractivity contribution in [1.29, 1.82) is 0 Å². The Morgan fingerprint density at radius 2 is 1.90 bits per heavy atom. The van der Waals surface area contributed by atoms with Gasteiger partial charge in [0.25, 0.3) is 11.7 Å². The zero-order valence-corrected chi connectivity index (χ0v) is 19.4. The Morgan fingerprint density at radius 1 is 1.16 bits per heavy atom. The Labute approximate surface area is 190 Å². The molecule has 1 heterocycles. The lowest BCUT2D eigenvalue weighted by atomic mass is 9.95. The molecule has 2 aromatic carbocycles. The SMILES string of the molecule is COc1cccc(C(O)=C2C(=O)C(=O)N(CCCOC(C)C)[C@H]2c2cccc(Br)c2)c1. The van der Waals surface area contributed by atoms with Crippen LogP contribution in [0.2, 0.25) is 0 Å². The van der Waals surface area contributed by atoms with E-state index < -0.39 is 17.7 Å². The number of rotatable bonds is 8. The van der Waals surface area contributed by atoms with Gasteiger partial charge in [-0.05, 0) is 50.1 Å². The van der Waals surface area contributed by atoms with Crippen molar-refractivity contribution in [2.24, 2.45) is 0 Å². The second-order valence-corrected chi connectivity index (χ2v) is 8.47. The van der Waals surface area contributed by atoms with Gasteiger partial charge >= 0.3 is 0 Å². The highest BCUT2D eigenvalue weighted by molar-refractivity contribution is 9.10. The Hall–Kier alpha value is -2.64. The highest BCUT2D eigenvalue weighted by atomic mass is 79.9. The van der Waals surface area contributed by atoms with Crippen molar-refractivity contribution < 1.29 is 24.2 Å². The molecule has 2 aromatic rings. The first kappa shape index (κ1) is 23.0. The maximum Gasteiger partial charge on any atom is 0.295 e. The third-order valence-electron chi connectivity index (χ3n) is 5.04. The molecule has 1 N–H and O–H groups in total. The van der Waals surface area contributed by atoms with Gasteiger partial charge < -0.3 is 19.5 Å². The molecule has 1 saturated heterocycles. The Morgan fingerprint density at radius 3 is 2.58 bits per heavy atom. The van der Waals surface area contributed by atoms with Gasteiger partial charge in [-0.1, -0.05) is 40.2 Å². The van der Waals surface area contributed by atoms with E-state index in [2.05, 4.69) is 15.9 Å². The van der Waals surface area contributed by atoms with E-state index >= 15 is 0 Å².